The highest BCUT2D eigenvalue weighted by molar-refractivity contribution is 5.78. The lowest BCUT2D eigenvalue weighted by molar-refractivity contribution is -0.121. The largest absolute Gasteiger partial charge is 0.351 e. The molecule has 6 heteroatoms. The van der Waals surface area contributed by atoms with Gasteiger partial charge in [0.25, 0.3) is 0 Å². The van der Waals surface area contributed by atoms with Crippen LogP contribution in [0.1, 0.15) is 23.5 Å². The Morgan fingerprint density at radius 2 is 2.17 bits per heavy atom. The third-order valence-electron chi connectivity index (χ3n) is 4.29. The highest BCUT2D eigenvalue weighted by Crippen LogP contribution is 2.27. The maximum Gasteiger partial charge on any atom is 0.224 e. The number of carbonyl (C=O) groups excluding carboxylic acids is 1. The van der Waals surface area contributed by atoms with E-state index in [-0.39, 0.29) is 24.3 Å². The molecule has 2 N–H and O–H groups in total. The fourth-order valence-electron chi connectivity index (χ4n) is 3.10. The summed E-state index contributed by atoms with van der Waals surface area (Å²) in [5.41, 5.74) is 1.55. The molecule has 0 bridgehead atoms. The van der Waals surface area contributed by atoms with Crippen LogP contribution in [-0.4, -0.2) is 30.0 Å². The molecule has 1 fully saturated rings. The quantitative estimate of drug-likeness (QED) is 0.903. The normalized spacial score (nSPS) is 20.6. The molecule has 1 aromatic carbocycles. The number of carbonyl (C=O) groups is 1. The van der Waals surface area contributed by atoms with E-state index in [0.29, 0.717) is 12.1 Å². The van der Waals surface area contributed by atoms with E-state index < -0.39 is 11.6 Å². The summed E-state index contributed by atoms with van der Waals surface area (Å²) >= 11 is 0. The first-order valence-electron chi connectivity index (χ1n) is 7.97. The third kappa shape index (κ3) is 3.94. The van der Waals surface area contributed by atoms with Gasteiger partial charge in [0.1, 0.15) is 0 Å². The van der Waals surface area contributed by atoms with Crippen LogP contribution in [0.4, 0.5) is 8.78 Å². The van der Waals surface area contributed by atoms with Crippen molar-refractivity contribution in [2.24, 2.45) is 0 Å². The Labute approximate surface area is 139 Å². The van der Waals surface area contributed by atoms with Gasteiger partial charge in [-0.3, -0.25) is 9.78 Å². The summed E-state index contributed by atoms with van der Waals surface area (Å²) in [4.78, 5) is 16.3. The molecule has 1 aliphatic heterocycles. The van der Waals surface area contributed by atoms with Gasteiger partial charge in [-0.1, -0.05) is 12.1 Å². The molecular formula is C18H19F2N3O. The second-order valence-electron chi connectivity index (χ2n) is 5.98. The predicted molar refractivity (Wildman–Crippen MR) is 86.5 cm³/mol. The molecule has 0 spiro atoms. The van der Waals surface area contributed by atoms with Crippen molar-refractivity contribution < 1.29 is 13.6 Å². The lowest BCUT2D eigenvalue weighted by Crippen LogP contribution is -2.50. The third-order valence-corrected chi connectivity index (χ3v) is 4.29. The molecule has 126 valence electrons. The number of rotatable bonds is 4. The number of piperidine rings is 1. The van der Waals surface area contributed by atoms with Crippen LogP contribution in [0.3, 0.4) is 0 Å². The number of hydrogen-bond acceptors (Lipinski definition) is 3. The number of aromatic nitrogens is 1. The van der Waals surface area contributed by atoms with E-state index >= 15 is 0 Å². The van der Waals surface area contributed by atoms with Crippen molar-refractivity contribution in [3.05, 3.63) is 65.5 Å². The van der Waals surface area contributed by atoms with Gasteiger partial charge < -0.3 is 10.6 Å². The molecule has 4 nitrogen and oxygen atoms in total. The topological polar surface area (TPSA) is 54.0 Å². The second-order valence-corrected chi connectivity index (χ2v) is 5.98. The zero-order valence-electron chi connectivity index (χ0n) is 13.1. The lowest BCUT2D eigenvalue weighted by atomic mass is 9.86. The first kappa shape index (κ1) is 16.5. The number of pyridine rings is 1. The van der Waals surface area contributed by atoms with Crippen LogP contribution in [0.25, 0.3) is 0 Å². The van der Waals surface area contributed by atoms with Crippen LogP contribution in [0.5, 0.6) is 0 Å². The van der Waals surface area contributed by atoms with E-state index in [4.69, 9.17) is 0 Å². The molecule has 2 heterocycles. The van der Waals surface area contributed by atoms with Crippen molar-refractivity contribution in [2.75, 3.05) is 13.1 Å². The molecule has 3 rings (SSSR count). The highest BCUT2D eigenvalue weighted by atomic mass is 19.2. The molecule has 1 amide bonds. The standard InChI is InChI=1S/C18H19F2N3O/c19-15-4-3-13(9-16(15)20)14-5-7-22-11-17(14)23-18(24)8-12-2-1-6-21-10-12/h1-4,6,9-10,14,17,22H,5,7-8,11H2,(H,23,24). The minimum atomic E-state index is -0.857. The first-order valence-corrected chi connectivity index (χ1v) is 7.97. The number of halogens is 2. The summed E-state index contributed by atoms with van der Waals surface area (Å²) < 4.78 is 26.7. The van der Waals surface area contributed by atoms with Gasteiger partial charge in [0.05, 0.1) is 6.42 Å². The van der Waals surface area contributed by atoms with Crippen molar-refractivity contribution in [1.29, 1.82) is 0 Å². The van der Waals surface area contributed by atoms with Crippen LogP contribution >= 0.6 is 0 Å². The summed E-state index contributed by atoms with van der Waals surface area (Å²) in [7, 11) is 0. The Hall–Kier alpha value is -2.34. The van der Waals surface area contributed by atoms with Crippen LogP contribution in [0.15, 0.2) is 42.7 Å². The summed E-state index contributed by atoms with van der Waals surface area (Å²) in [5.74, 6) is -1.86. The van der Waals surface area contributed by atoms with E-state index in [1.807, 2.05) is 6.07 Å². The molecule has 0 aliphatic carbocycles. The summed E-state index contributed by atoms with van der Waals surface area (Å²) in [6.07, 6.45) is 4.31. The minimum Gasteiger partial charge on any atom is -0.351 e. The number of amides is 1. The van der Waals surface area contributed by atoms with Crippen molar-refractivity contribution in [1.82, 2.24) is 15.6 Å². The van der Waals surface area contributed by atoms with Gasteiger partial charge in [0.15, 0.2) is 11.6 Å². The Kier molecular flexibility index (Phi) is 5.15. The second kappa shape index (κ2) is 7.49. The van der Waals surface area contributed by atoms with Gasteiger partial charge in [0, 0.05) is 30.9 Å². The van der Waals surface area contributed by atoms with Gasteiger partial charge in [-0.15, -0.1) is 0 Å². The van der Waals surface area contributed by atoms with Gasteiger partial charge in [-0.25, -0.2) is 8.78 Å². The zero-order chi connectivity index (χ0) is 16.9. The Balaban J connectivity index is 1.70. The number of nitrogens with one attached hydrogen (secondary N) is 2. The first-order chi connectivity index (χ1) is 11.6. The maximum absolute atomic E-state index is 13.5. The lowest BCUT2D eigenvalue weighted by Gasteiger charge is -2.33. The Morgan fingerprint density at radius 1 is 1.29 bits per heavy atom. The molecule has 0 radical (unpaired) electrons. The fourth-order valence-corrected chi connectivity index (χ4v) is 3.10. The maximum atomic E-state index is 13.5. The predicted octanol–water partition coefficient (Wildman–Crippen LogP) is 2.16. The SMILES string of the molecule is O=C(Cc1cccnc1)NC1CNCCC1c1ccc(F)c(F)c1. The number of nitrogens with zero attached hydrogens (tertiary/aromatic N) is 1. The van der Waals surface area contributed by atoms with Crippen molar-refractivity contribution in [2.45, 2.75) is 24.8 Å². The van der Waals surface area contributed by atoms with Gasteiger partial charge >= 0.3 is 0 Å². The van der Waals surface area contributed by atoms with Crippen molar-refractivity contribution in [3.63, 3.8) is 0 Å². The number of hydrogen-bond donors (Lipinski definition) is 2. The summed E-state index contributed by atoms with van der Waals surface area (Å²) in [6, 6.07) is 7.43. The highest BCUT2D eigenvalue weighted by Gasteiger charge is 2.28. The van der Waals surface area contributed by atoms with Crippen LogP contribution < -0.4 is 10.6 Å². The molecule has 24 heavy (non-hydrogen) atoms. The fraction of sp³-hybridized carbons (Fsp3) is 0.333. The molecule has 1 saturated heterocycles. The van der Waals surface area contributed by atoms with E-state index in [9.17, 15) is 13.6 Å². The smallest absolute Gasteiger partial charge is 0.224 e. The Morgan fingerprint density at radius 3 is 2.92 bits per heavy atom. The van der Waals surface area contributed by atoms with Crippen molar-refractivity contribution >= 4 is 5.91 Å². The summed E-state index contributed by atoms with van der Waals surface area (Å²) in [6.45, 7) is 1.38. The minimum absolute atomic E-state index is 0.0424. The Bertz CT molecular complexity index is 709. The van der Waals surface area contributed by atoms with Crippen molar-refractivity contribution in [3.8, 4) is 0 Å². The molecule has 1 aliphatic rings. The van der Waals surface area contributed by atoms with E-state index in [1.165, 1.54) is 6.07 Å². The zero-order valence-corrected chi connectivity index (χ0v) is 13.1. The van der Waals surface area contributed by atoms with Gasteiger partial charge in [0.2, 0.25) is 5.91 Å². The van der Waals surface area contributed by atoms with Gasteiger partial charge in [-0.05, 0) is 42.3 Å². The molecule has 2 atom stereocenters. The van der Waals surface area contributed by atoms with Gasteiger partial charge in [-0.2, -0.15) is 0 Å². The molecular weight excluding hydrogens is 312 g/mol. The average Bonchev–Trinajstić information content (AvgIpc) is 2.59. The molecule has 2 aromatic rings. The molecule has 0 saturated carbocycles. The summed E-state index contributed by atoms with van der Waals surface area (Å²) in [5, 5.41) is 6.24. The number of benzene rings is 1. The molecule has 1 aromatic heterocycles. The van der Waals surface area contributed by atoms with E-state index in [0.717, 1.165) is 24.6 Å². The molecule has 2 unspecified atom stereocenters. The van der Waals surface area contributed by atoms with Crippen LogP contribution in [0, 0.1) is 11.6 Å². The monoisotopic (exact) mass is 331 g/mol. The van der Waals surface area contributed by atoms with E-state index in [1.54, 1.807) is 24.5 Å². The van der Waals surface area contributed by atoms with E-state index in [2.05, 4.69) is 15.6 Å². The van der Waals surface area contributed by atoms with Crippen LogP contribution in [0.2, 0.25) is 0 Å². The van der Waals surface area contributed by atoms with Crippen LogP contribution in [-0.2, 0) is 11.2 Å². The average molecular weight is 331 g/mol.